The van der Waals surface area contributed by atoms with Crippen LogP contribution in [-0.2, 0) is 17.8 Å². The van der Waals surface area contributed by atoms with Gasteiger partial charge in [0.25, 0.3) is 0 Å². The van der Waals surface area contributed by atoms with Crippen molar-refractivity contribution in [2.24, 2.45) is 0 Å². The molecule has 122 valence electrons. The molecule has 22 heavy (non-hydrogen) atoms. The highest BCUT2D eigenvalue weighted by Crippen LogP contribution is 2.27. The van der Waals surface area contributed by atoms with E-state index in [9.17, 15) is 4.79 Å². The van der Waals surface area contributed by atoms with Crippen LogP contribution in [0.15, 0.2) is 12.3 Å². The molecule has 2 rings (SSSR count). The number of rotatable bonds is 5. The minimum Gasteiger partial charge on any atom is -0.362 e. The Labute approximate surface area is 133 Å². The summed E-state index contributed by atoms with van der Waals surface area (Å²) in [6.07, 6.45) is 2.86. The van der Waals surface area contributed by atoms with Crippen LogP contribution in [0.3, 0.4) is 0 Å². The summed E-state index contributed by atoms with van der Waals surface area (Å²) in [6.45, 7) is 9.37. The third-order valence-electron chi connectivity index (χ3n) is 4.56. The number of carbonyl (C=O) groups excluding carboxylic acids is 1. The third kappa shape index (κ3) is 3.24. The van der Waals surface area contributed by atoms with E-state index in [1.165, 1.54) is 11.1 Å². The highest BCUT2D eigenvalue weighted by Gasteiger charge is 2.29. The fourth-order valence-electron chi connectivity index (χ4n) is 3.14. The molecule has 2 heterocycles. The van der Waals surface area contributed by atoms with Gasteiger partial charge in [0.05, 0.1) is 6.04 Å². The van der Waals surface area contributed by atoms with Crippen LogP contribution in [0.1, 0.15) is 31.9 Å². The van der Waals surface area contributed by atoms with Crippen molar-refractivity contribution in [2.45, 2.75) is 39.8 Å². The van der Waals surface area contributed by atoms with Crippen LogP contribution in [0, 0.1) is 0 Å². The largest absolute Gasteiger partial charge is 0.362 e. The number of hydrogen-bond donors (Lipinski definition) is 0. The average molecular weight is 304 g/mol. The van der Waals surface area contributed by atoms with Crippen LogP contribution in [0.2, 0.25) is 0 Å². The number of amides is 1. The second-order valence-corrected chi connectivity index (χ2v) is 6.07. The second kappa shape index (κ2) is 7.09. The maximum Gasteiger partial charge on any atom is 0.239 e. The van der Waals surface area contributed by atoms with Gasteiger partial charge in [-0.3, -0.25) is 9.69 Å². The van der Waals surface area contributed by atoms with Crippen molar-refractivity contribution < 1.29 is 4.79 Å². The second-order valence-electron chi connectivity index (χ2n) is 6.07. The topological polar surface area (TPSA) is 39.7 Å². The molecule has 1 atom stereocenters. The van der Waals surface area contributed by atoms with Crippen LogP contribution in [0.5, 0.6) is 0 Å². The van der Waals surface area contributed by atoms with E-state index in [-0.39, 0.29) is 11.9 Å². The third-order valence-corrected chi connectivity index (χ3v) is 4.56. The van der Waals surface area contributed by atoms with Crippen LogP contribution in [0.25, 0.3) is 0 Å². The van der Waals surface area contributed by atoms with E-state index in [4.69, 9.17) is 0 Å². The molecule has 0 saturated carbocycles. The Morgan fingerprint density at radius 1 is 1.36 bits per heavy atom. The van der Waals surface area contributed by atoms with Crippen molar-refractivity contribution in [3.63, 3.8) is 0 Å². The molecule has 1 aliphatic heterocycles. The normalized spacial score (nSPS) is 16.0. The Morgan fingerprint density at radius 3 is 2.64 bits per heavy atom. The number of carbonyl (C=O) groups is 1. The molecule has 0 saturated heterocycles. The first kappa shape index (κ1) is 16.7. The quantitative estimate of drug-likeness (QED) is 0.831. The average Bonchev–Trinajstić information content (AvgIpc) is 2.53. The van der Waals surface area contributed by atoms with Gasteiger partial charge in [0.2, 0.25) is 5.91 Å². The Kier molecular flexibility index (Phi) is 5.40. The lowest BCUT2D eigenvalue weighted by molar-refractivity contribution is -0.136. The Morgan fingerprint density at radius 2 is 2.05 bits per heavy atom. The Bertz CT molecular complexity index is 525. The molecular formula is C17H28N4O. The molecule has 0 bridgehead atoms. The number of aromatic nitrogens is 1. The predicted molar refractivity (Wildman–Crippen MR) is 90.1 cm³/mol. The van der Waals surface area contributed by atoms with Gasteiger partial charge < -0.3 is 9.80 Å². The lowest BCUT2D eigenvalue weighted by Gasteiger charge is -2.36. The monoisotopic (exact) mass is 304 g/mol. The van der Waals surface area contributed by atoms with Gasteiger partial charge in [-0.05, 0) is 38.8 Å². The molecule has 0 aliphatic carbocycles. The van der Waals surface area contributed by atoms with E-state index in [1.54, 1.807) is 0 Å². The lowest BCUT2D eigenvalue weighted by Crippen LogP contribution is -2.48. The first-order valence-electron chi connectivity index (χ1n) is 8.16. The molecule has 1 aromatic heterocycles. The summed E-state index contributed by atoms with van der Waals surface area (Å²) in [6, 6.07) is 2.03. The number of pyridine rings is 1. The fourth-order valence-corrected chi connectivity index (χ4v) is 3.14. The van der Waals surface area contributed by atoms with Gasteiger partial charge in [-0.25, -0.2) is 4.98 Å². The summed E-state index contributed by atoms with van der Waals surface area (Å²) >= 11 is 0. The van der Waals surface area contributed by atoms with Crippen LogP contribution >= 0.6 is 0 Å². The highest BCUT2D eigenvalue weighted by atomic mass is 16.2. The number of likely N-dealkylation sites (N-methyl/N-ethyl adjacent to an activating group) is 1. The molecule has 0 spiro atoms. The molecule has 1 aromatic rings. The minimum absolute atomic E-state index is 0.0803. The van der Waals surface area contributed by atoms with Crippen molar-refractivity contribution in [3.8, 4) is 0 Å². The lowest BCUT2D eigenvalue weighted by atomic mass is 9.99. The van der Waals surface area contributed by atoms with E-state index in [0.29, 0.717) is 0 Å². The summed E-state index contributed by atoms with van der Waals surface area (Å²) in [4.78, 5) is 23.3. The van der Waals surface area contributed by atoms with Gasteiger partial charge in [-0.15, -0.1) is 0 Å². The first-order valence-corrected chi connectivity index (χ1v) is 8.16. The van der Waals surface area contributed by atoms with Gasteiger partial charge >= 0.3 is 0 Å². The molecule has 1 aliphatic rings. The van der Waals surface area contributed by atoms with E-state index in [1.807, 2.05) is 46.0 Å². The summed E-state index contributed by atoms with van der Waals surface area (Å²) < 4.78 is 0. The van der Waals surface area contributed by atoms with Crippen molar-refractivity contribution in [2.75, 3.05) is 38.6 Å². The van der Waals surface area contributed by atoms with Gasteiger partial charge in [-0.2, -0.15) is 0 Å². The van der Waals surface area contributed by atoms with Crippen LogP contribution in [0.4, 0.5) is 5.82 Å². The maximum atomic E-state index is 12.6. The molecule has 0 radical (unpaired) electrons. The van der Waals surface area contributed by atoms with Gasteiger partial charge in [-0.1, -0.05) is 0 Å². The standard InChI is InChI=1S/C17H28N4O/c1-6-20(7-2)17(22)13(3)21-11-9-14-8-10-18-16(19(4)5)15(14)12-21/h8,10,13H,6-7,9,11-12H2,1-5H3. The zero-order chi connectivity index (χ0) is 16.3. The molecule has 1 amide bonds. The van der Waals surface area contributed by atoms with Gasteiger partial charge in [0.1, 0.15) is 5.82 Å². The molecular weight excluding hydrogens is 276 g/mol. The van der Waals surface area contributed by atoms with E-state index >= 15 is 0 Å². The maximum absolute atomic E-state index is 12.6. The number of hydrogen-bond acceptors (Lipinski definition) is 4. The molecule has 0 aromatic carbocycles. The van der Waals surface area contributed by atoms with E-state index in [0.717, 1.165) is 38.4 Å². The molecule has 5 nitrogen and oxygen atoms in total. The summed E-state index contributed by atoms with van der Waals surface area (Å²) in [5, 5.41) is 0. The Balaban J connectivity index is 2.19. The van der Waals surface area contributed by atoms with E-state index in [2.05, 4.69) is 20.9 Å². The summed E-state index contributed by atoms with van der Waals surface area (Å²) in [5.74, 6) is 1.24. The smallest absolute Gasteiger partial charge is 0.239 e. The molecule has 0 N–H and O–H groups in total. The zero-order valence-corrected chi connectivity index (χ0v) is 14.5. The van der Waals surface area contributed by atoms with Gasteiger partial charge in [0.15, 0.2) is 0 Å². The number of anilines is 1. The van der Waals surface area contributed by atoms with Crippen molar-refractivity contribution in [1.82, 2.24) is 14.8 Å². The highest BCUT2D eigenvalue weighted by molar-refractivity contribution is 5.81. The van der Waals surface area contributed by atoms with Crippen LogP contribution in [-0.4, -0.2) is 60.5 Å². The number of fused-ring (bicyclic) bond motifs is 1. The molecule has 1 unspecified atom stereocenters. The fraction of sp³-hybridized carbons (Fsp3) is 0.647. The van der Waals surface area contributed by atoms with Crippen molar-refractivity contribution in [1.29, 1.82) is 0 Å². The Hall–Kier alpha value is -1.62. The molecule has 0 fully saturated rings. The van der Waals surface area contributed by atoms with Crippen molar-refractivity contribution >= 4 is 11.7 Å². The van der Waals surface area contributed by atoms with Gasteiger partial charge in [0, 0.05) is 52.0 Å². The SMILES string of the molecule is CCN(CC)C(=O)C(C)N1CCc2ccnc(N(C)C)c2C1. The van der Waals surface area contributed by atoms with E-state index < -0.39 is 0 Å². The summed E-state index contributed by atoms with van der Waals surface area (Å²) in [7, 11) is 4.04. The zero-order valence-electron chi connectivity index (χ0n) is 14.5. The summed E-state index contributed by atoms with van der Waals surface area (Å²) in [5.41, 5.74) is 2.62. The minimum atomic E-state index is -0.0803. The first-order chi connectivity index (χ1) is 10.5. The predicted octanol–water partition coefficient (Wildman–Crippen LogP) is 1.76. The van der Waals surface area contributed by atoms with Crippen LogP contribution < -0.4 is 4.90 Å². The van der Waals surface area contributed by atoms with Crippen molar-refractivity contribution in [3.05, 3.63) is 23.4 Å². The number of nitrogens with zero attached hydrogens (tertiary/aromatic N) is 4. The molecule has 5 heteroatoms.